The number of nitrogens with one attached hydrogen (secondary N) is 2. The van der Waals surface area contributed by atoms with Crippen LogP contribution in [0.15, 0.2) is 16.7 Å². The Labute approximate surface area is 125 Å². The monoisotopic (exact) mass is 356 g/mol. The first-order valence-electron chi connectivity index (χ1n) is 5.40. The highest BCUT2D eigenvalue weighted by atomic mass is 79.9. The number of nitrogens with zero attached hydrogens (tertiary/aromatic N) is 4. The maximum atomic E-state index is 13.7. The predicted octanol–water partition coefficient (Wildman–Crippen LogP) is 2.23. The van der Waals surface area contributed by atoms with Gasteiger partial charge in [0.25, 0.3) is 0 Å². The van der Waals surface area contributed by atoms with Gasteiger partial charge in [0, 0.05) is 6.20 Å². The Morgan fingerprint density at radius 3 is 2.86 bits per heavy atom. The minimum atomic E-state index is -1.15. The topological polar surface area (TPSA) is 99.5 Å². The number of aromatic nitrogens is 4. The molecular formula is C11H7BrF2N6O. The van der Waals surface area contributed by atoms with Gasteiger partial charge in [-0.1, -0.05) is 0 Å². The normalized spacial score (nSPS) is 11.1. The number of tetrazole rings is 1. The van der Waals surface area contributed by atoms with Gasteiger partial charge in [-0.05, 0) is 27.2 Å². The van der Waals surface area contributed by atoms with Crippen LogP contribution in [0.5, 0.6) is 5.75 Å². The van der Waals surface area contributed by atoms with Gasteiger partial charge in [0.1, 0.15) is 11.6 Å². The van der Waals surface area contributed by atoms with Gasteiger partial charge in [-0.15, -0.1) is 10.2 Å². The minimum absolute atomic E-state index is 0.0478. The Morgan fingerprint density at radius 1 is 1.52 bits per heavy atom. The lowest BCUT2D eigenvalue weighted by Crippen LogP contribution is -2.00. The Bertz CT molecular complexity index is 725. The zero-order valence-corrected chi connectivity index (χ0v) is 12.1. The number of methoxy groups -OCH3 is 1. The lowest BCUT2D eigenvalue weighted by atomic mass is 10.2. The fourth-order valence-electron chi connectivity index (χ4n) is 1.46. The largest absolute Gasteiger partial charge is 0.491 e. The SMILES string of the molecule is COc1c(NC=C(C#N)c2nn[nH]n2)cc(Br)c(F)c1F. The summed E-state index contributed by atoms with van der Waals surface area (Å²) in [4.78, 5) is 0. The molecule has 0 aliphatic rings. The fourth-order valence-corrected chi connectivity index (χ4v) is 1.86. The molecule has 7 nitrogen and oxygen atoms in total. The molecule has 10 heteroatoms. The molecule has 0 spiro atoms. The highest BCUT2D eigenvalue weighted by Crippen LogP contribution is 2.34. The third kappa shape index (κ3) is 2.97. The zero-order chi connectivity index (χ0) is 15.4. The standard InChI is InChI=1S/C11H7BrF2N6O/c1-21-10-7(2-6(12)8(13)9(10)14)16-4-5(3-15)11-17-19-20-18-11/h2,4,16H,1H3,(H,17,18,19,20). The maximum Gasteiger partial charge on any atom is 0.216 e. The van der Waals surface area contributed by atoms with Crippen molar-refractivity contribution in [2.45, 2.75) is 0 Å². The summed E-state index contributed by atoms with van der Waals surface area (Å²) in [7, 11) is 1.20. The van der Waals surface area contributed by atoms with Crippen molar-refractivity contribution >= 4 is 27.2 Å². The zero-order valence-electron chi connectivity index (χ0n) is 10.5. The predicted molar refractivity (Wildman–Crippen MR) is 72.0 cm³/mol. The lowest BCUT2D eigenvalue weighted by Gasteiger charge is -2.11. The first-order valence-corrected chi connectivity index (χ1v) is 6.20. The third-order valence-electron chi connectivity index (χ3n) is 2.40. The number of allylic oxidation sites excluding steroid dienone is 1. The highest BCUT2D eigenvalue weighted by molar-refractivity contribution is 9.10. The number of benzene rings is 1. The van der Waals surface area contributed by atoms with E-state index in [0.29, 0.717) is 0 Å². The summed E-state index contributed by atoms with van der Waals surface area (Å²) in [5.41, 5.74) is 0.172. The average Bonchev–Trinajstić information content (AvgIpc) is 3.00. The molecular weight excluding hydrogens is 350 g/mol. The second kappa shape index (κ2) is 6.27. The van der Waals surface area contributed by atoms with Crippen LogP contribution < -0.4 is 10.1 Å². The van der Waals surface area contributed by atoms with Crippen molar-refractivity contribution < 1.29 is 13.5 Å². The fraction of sp³-hybridized carbons (Fsp3) is 0.0909. The summed E-state index contributed by atoms with van der Waals surface area (Å²) in [5.74, 6) is -2.48. The minimum Gasteiger partial charge on any atom is -0.491 e. The molecule has 0 fully saturated rings. The van der Waals surface area contributed by atoms with Gasteiger partial charge in [0.05, 0.1) is 17.3 Å². The van der Waals surface area contributed by atoms with Crippen molar-refractivity contribution in [3.63, 3.8) is 0 Å². The van der Waals surface area contributed by atoms with Gasteiger partial charge in [0.15, 0.2) is 11.6 Å². The molecule has 0 atom stereocenters. The van der Waals surface area contributed by atoms with Crippen molar-refractivity contribution in [1.82, 2.24) is 20.6 Å². The van der Waals surface area contributed by atoms with E-state index in [-0.39, 0.29) is 27.3 Å². The van der Waals surface area contributed by atoms with Crippen LogP contribution in [-0.4, -0.2) is 27.7 Å². The van der Waals surface area contributed by atoms with Gasteiger partial charge in [-0.2, -0.15) is 14.9 Å². The first-order chi connectivity index (χ1) is 10.1. The lowest BCUT2D eigenvalue weighted by molar-refractivity contribution is 0.373. The third-order valence-corrected chi connectivity index (χ3v) is 2.98. The van der Waals surface area contributed by atoms with Gasteiger partial charge >= 0.3 is 0 Å². The van der Waals surface area contributed by atoms with Crippen LogP contribution in [-0.2, 0) is 0 Å². The van der Waals surface area contributed by atoms with Gasteiger partial charge in [0.2, 0.25) is 11.6 Å². The number of H-pyrrole nitrogens is 1. The van der Waals surface area contributed by atoms with Crippen LogP contribution in [0.3, 0.4) is 0 Å². The molecule has 2 aromatic rings. The quantitative estimate of drug-likeness (QED) is 0.643. The highest BCUT2D eigenvalue weighted by Gasteiger charge is 2.18. The van der Waals surface area contributed by atoms with Crippen molar-refractivity contribution in [3.8, 4) is 11.8 Å². The van der Waals surface area contributed by atoms with Crippen LogP contribution >= 0.6 is 15.9 Å². The van der Waals surface area contributed by atoms with Crippen LogP contribution in [0.25, 0.3) is 5.57 Å². The van der Waals surface area contributed by atoms with E-state index in [1.165, 1.54) is 19.4 Å². The van der Waals surface area contributed by atoms with Crippen LogP contribution in [0.4, 0.5) is 14.5 Å². The molecule has 0 unspecified atom stereocenters. The summed E-state index contributed by atoms with van der Waals surface area (Å²) in [6.07, 6.45) is 1.23. The van der Waals surface area contributed by atoms with E-state index in [9.17, 15) is 8.78 Å². The second-order valence-corrected chi connectivity index (χ2v) is 4.47. The molecule has 1 aromatic heterocycles. The molecule has 0 amide bonds. The Hall–Kier alpha value is -2.54. The van der Waals surface area contributed by atoms with Gasteiger partial charge < -0.3 is 10.1 Å². The summed E-state index contributed by atoms with van der Waals surface area (Å²) in [5, 5.41) is 24.4. The molecule has 1 heterocycles. The van der Waals surface area contributed by atoms with E-state index in [1.807, 2.05) is 6.07 Å². The van der Waals surface area contributed by atoms with Gasteiger partial charge in [-0.3, -0.25) is 0 Å². The van der Waals surface area contributed by atoms with E-state index < -0.39 is 11.6 Å². The molecule has 1 aromatic carbocycles. The Kier molecular flexibility index (Phi) is 4.44. The Morgan fingerprint density at radius 2 is 2.29 bits per heavy atom. The maximum absolute atomic E-state index is 13.7. The summed E-state index contributed by atoms with van der Waals surface area (Å²) < 4.78 is 31.8. The van der Waals surface area contributed by atoms with E-state index in [1.54, 1.807) is 0 Å². The summed E-state index contributed by atoms with van der Waals surface area (Å²) in [6.45, 7) is 0. The molecule has 2 rings (SSSR count). The molecule has 0 saturated heterocycles. The first kappa shape index (κ1) is 14.9. The number of anilines is 1. The average molecular weight is 357 g/mol. The van der Waals surface area contributed by atoms with Crippen LogP contribution in [0.2, 0.25) is 0 Å². The number of aromatic amines is 1. The molecule has 108 valence electrons. The molecule has 2 N–H and O–H groups in total. The van der Waals surface area contributed by atoms with E-state index in [4.69, 9.17) is 10.00 Å². The summed E-state index contributed by atoms with van der Waals surface area (Å²) in [6, 6.07) is 3.12. The number of halogens is 3. The van der Waals surface area contributed by atoms with Crippen molar-refractivity contribution in [2.24, 2.45) is 0 Å². The smallest absolute Gasteiger partial charge is 0.216 e. The van der Waals surface area contributed by atoms with Gasteiger partial charge in [-0.25, -0.2) is 4.39 Å². The molecule has 0 saturated carbocycles. The Balaban J connectivity index is 2.38. The van der Waals surface area contributed by atoms with Crippen LogP contribution in [0.1, 0.15) is 5.82 Å². The molecule has 0 aliphatic heterocycles. The second-order valence-electron chi connectivity index (χ2n) is 3.62. The summed E-state index contributed by atoms with van der Waals surface area (Å²) >= 11 is 2.89. The van der Waals surface area contributed by atoms with E-state index in [2.05, 4.69) is 41.9 Å². The number of ether oxygens (including phenoxy) is 1. The number of hydrogen-bond donors (Lipinski definition) is 2. The van der Waals surface area contributed by atoms with Crippen LogP contribution in [0, 0.1) is 23.0 Å². The number of nitriles is 1. The molecule has 0 bridgehead atoms. The van der Waals surface area contributed by atoms with Crippen molar-refractivity contribution in [2.75, 3.05) is 12.4 Å². The number of rotatable bonds is 4. The molecule has 21 heavy (non-hydrogen) atoms. The van der Waals surface area contributed by atoms with E-state index >= 15 is 0 Å². The molecule has 0 aliphatic carbocycles. The van der Waals surface area contributed by atoms with Crippen molar-refractivity contribution in [3.05, 3.63) is 34.2 Å². The van der Waals surface area contributed by atoms with E-state index in [0.717, 1.165) is 0 Å². The van der Waals surface area contributed by atoms with Crippen molar-refractivity contribution in [1.29, 1.82) is 5.26 Å². The number of hydrogen-bond acceptors (Lipinski definition) is 6. The molecule has 0 radical (unpaired) electrons.